The first-order chi connectivity index (χ1) is 14.5. The van der Waals surface area contributed by atoms with Gasteiger partial charge in [-0.1, -0.05) is 30.3 Å². The second-order valence-corrected chi connectivity index (χ2v) is 9.72. The summed E-state index contributed by atoms with van der Waals surface area (Å²) in [6.45, 7) is 2.67. The van der Waals surface area contributed by atoms with Gasteiger partial charge in [0.25, 0.3) is 5.91 Å². The number of carboxylic acid groups (broad SMARTS) is 1. The Morgan fingerprint density at radius 2 is 1.35 bits per heavy atom. The van der Waals surface area contributed by atoms with Gasteiger partial charge in [-0.05, 0) is 73.3 Å². The molecule has 0 fully saturated rings. The Morgan fingerprint density at radius 1 is 0.871 bits per heavy atom. The molecule has 11 heteroatoms. The van der Waals surface area contributed by atoms with Gasteiger partial charge in [0.15, 0.2) is 0 Å². The lowest BCUT2D eigenvalue weighted by Crippen LogP contribution is -2.43. The van der Waals surface area contributed by atoms with E-state index >= 15 is 0 Å². The minimum Gasteiger partial charge on any atom is -0.480 e. The molecule has 0 aliphatic rings. The highest BCUT2D eigenvalue weighted by atomic mass is 127. The maximum atomic E-state index is 13.2. The molecule has 164 valence electrons. The van der Waals surface area contributed by atoms with Crippen molar-refractivity contribution in [3.63, 3.8) is 0 Å². The quantitative estimate of drug-likeness (QED) is 0.320. The Hall–Kier alpha value is -1.49. The third-order valence-corrected chi connectivity index (χ3v) is 7.27. The SMILES string of the molecule is CC(=O)Nc1c(I)c(NC(C)=O)c(I)c(C(=O)N[C@@H](Cc2ccccc2)C(=O)O)c1I. The van der Waals surface area contributed by atoms with Crippen LogP contribution in [0.1, 0.15) is 29.8 Å². The van der Waals surface area contributed by atoms with Crippen LogP contribution in [0.15, 0.2) is 30.3 Å². The van der Waals surface area contributed by atoms with Gasteiger partial charge < -0.3 is 21.1 Å². The van der Waals surface area contributed by atoms with Crippen molar-refractivity contribution in [3.05, 3.63) is 52.2 Å². The highest BCUT2D eigenvalue weighted by molar-refractivity contribution is 14.1. The first kappa shape index (κ1) is 25.8. The summed E-state index contributed by atoms with van der Waals surface area (Å²) in [7, 11) is 0. The molecule has 3 amide bonds. The van der Waals surface area contributed by atoms with Crippen LogP contribution in [0.25, 0.3) is 0 Å². The van der Waals surface area contributed by atoms with E-state index in [1.54, 1.807) is 24.3 Å². The molecule has 0 aliphatic carbocycles. The van der Waals surface area contributed by atoms with E-state index in [2.05, 4.69) is 16.0 Å². The second kappa shape index (κ2) is 11.4. The van der Waals surface area contributed by atoms with Gasteiger partial charge in [-0.15, -0.1) is 0 Å². The van der Waals surface area contributed by atoms with Crippen molar-refractivity contribution in [3.8, 4) is 0 Å². The molecule has 0 bridgehead atoms. The van der Waals surface area contributed by atoms with Gasteiger partial charge in [-0.2, -0.15) is 0 Å². The summed E-state index contributed by atoms with van der Waals surface area (Å²) in [4.78, 5) is 48.4. The first-order valence-corrected chi connectivity index (χ1v) is 12.1. The van der Waals surface area contributed by atoms with Gasteiger partial charge in [0.1, 0.15) is 6.04 Å². The largest absolute Gasteiger partial charge is 0.480 e. The average molecular weight is 761 g/mol. The highest BCUT2D eigenvalue weighted by Crippen LogP contribution is 2.39. The molecule has 4 N–H and O–H groups in total. The molecule has 2 aromatic carbocycles. The number of halogens is 3. The van der Waals surface area contributed by atoms with Crippen LogP contribution in [0.5, 0.6) is 0 Å². The monoisotopic (exact) mass is 761 g/mol. The van der Waals surface area contributed by atoms with Crippen molar-refractivity contribution in [2.75, 3.05) is 10.6 Å². The van der Waals surface area contributed by atoms with E-state index in [1.807, 2.05) is 73.8 Å². The zero-order chi connectivity index (χ0) is 23.3. The molecule has 2 rings (SSSR count). The fraction of sp³-hybridized carbons (Fsp3) is 0.200. The van der Waals surface area contributed by atoms with Crippen molar-refractivity contribution in [1.82, 2.24) is 5.32 Å². The molecule has 0 spiro atoms. The molecule has 1 atom stereocenters. The predicted octanol–water partition coefficient (Wildman–Crippen LogP) is 3.84. The lowest BCUT2D eigenvalue weighted by molar-refractivity contribution is -0.139. The first-order valence-electron chi connectivity index (χ1n) is 8.86. The topological polar surface area (TPSA) is 125 Å². The lowest BCUT2D eigenvalue weighted by Gasteiger charge is -2.21. The Kier molecular flexibility index (Phi) is 9.47. The number of carbonyl (C=O) groups is 4. The van der Waals surface area contributed by atoms with Crippen molar-refractivity contribution in [2.24, 2.45) is 0 Å². The molecule has 0 unspecified atom stereocenters. The molecule has 31 heavy (non-hydrogen) atoms. The van der Waals surface area contributed by atoms with Crippen LogP contribution in [0.3, 0.4) is 0 Å². The van der Waals surface area contributed by atoms with Crippen molar-refractivity contribution < 1.29 is 24.3 Å². The van der Waals surface area contributed by atoms with Crippen LogP contribution in [0.4, 0.5) is 11.4 Å². The average Bonchev–Trinajstić information content (AvgIpc) is 2.68. The van der Waals surface area contributed by atoms with Gasteiger partial charge in [-0.25, -0.2) is 4.79 Å². The zero-order valence-electron chi connectivity index (χ0n) is 16.4. The lowest BCUT2D eigenvalue weighted by atomic mass is 10.1. The Labute approximate surface area is 219 Å². The number of benzene rings is 2. The predicted molar refractivity (Wildman–Crippen MR) is 142 cm³/mol. The standard InChI is InChI=1S/C20H18I3N3O5/c1-9(27)24-17-14(21)13(15(22)18(16(17)23)25-10(2)28)19(29)26-12(20(30)31)8-11-6-4-3-5-7-11/h3-7,12H,8H2,1-2H3,(H,24,27)(H,25,28)(H,26,29)(H,30,31)/t12-/m0/s1. The Bertz CT molecular complexity index is 1000. The summed E-state index contributed by atoms with van der Waals surface area (Å²) >= 11 is 5.85. The van der Waals surface area contributed by atoms with Crippen molar-refractivity contribution >= 4 is 103 Å². The van der Waals surface area contributed by atoms with Crippen LogP contribution in [-0.2, 0) is 20.8 Å². The molecule has 2 aromatic rings. The number of carbonyl (C=O) groups excluding carboxylic acids is 3. The highest BCUT2D eigenvalue weighted by Gasteiger charge is 2.28. The number of aliphatic carboxylic acids is 1. The fourth-order valence-electron chi connectivity index (χ4n) is 2.72. The van der Waals surface area contributed by atoms with Gasteiger partial charge in [0, 0.05) is 20.3 Å². The normalized spacial score (nSPS) is 11.4. The molecule has 0 radical (unpaired) electrons. The maximum Gasteiger partial charge on any atom is 0.326 e. The number of rotatable bonds is 7. The molecular weight excluding hydrogens is 743 g/mol. The van der Waals surface area contributed by atoms with E-state index in [-0.39, 0.29) is 23.8 Å². The summed E-state index contributed by atoms with van der Waals surface area (Å²) in [6, 6.07) is 7.81. The van der Waals surface area contributed by atoms with Gasteiger partial charge in [0.05, 0.1) is 27.6 Å². The summed E-state index contributed by atoms with van der Waals surface area (Å²) in [6.07, 6.45) is 0.108. The number of carboxylic acids is 1. The molecule has 0 saturated carbocycles. The Balaban J connectivity index is 2.51. The molecule has 8 nitrogen and oxygen atoms in total. The van der Waals surface area contributed by atoms with Gasteiger partial charge in [-0.3, -0.25) is 14.4 Å². The van der Waals surface area contributed by atoms with E-state index in [1.165, 1.54) is 13.8 Å². The van der Waals surface area contributed by atoms with Crippen LogP contribution in [0, 0.1) is 10.7 Å². The molecule has 0 aliphatic heterocycles. The van der Waals surface area contributed by atoms with Crippen LogP contribution >= 0.6 is 67.8 Å². The number of hydrogen-bond donors (Lipinski definition) is 4. The van der Waals surface area contributed by atoms with E-state index in [0.29, 0.717) is 22.1 Å². The summed E-state index contributed by atoms with van der Waals surface area (Å²) in [5.41, 5.74) is 1.68. The zero-order valence-corrected chi connectivity index (χ0v) is 22.9. The van der Waals surface area contributed by atoms with Gasteiger partial charge in [0.2, 0.25) is 11.8 Å². The number of amides is 3. The second-order valence-electron chi connectivity index (χ2n) is 6.48. The maximum absolute atomic E-state index is 13.2. The summed E-state index contributed by atoms with van der Waals surface area (Å²) < 4.78 is 1.45. The Morgan fingerprint density at radius 3 is 1.77 bits per heavy atom. The smallest absolute Gasteiger partial charge is 0.326 e. The van der Waals surface area contributed by atoms with Crippen molar-refractivity contribution in [1.29, 1.82) is 0 Å². The van der Waals surface area contributed by atoms with E-state index in [4.69, 9.17) is 0 Å². The summed E-state index contributed by atoms with van der Waals surface area (Å²) in [5.74, 6) is -2.47. The molecule has 0 aromatic heterocycles. The van der Waals surface area contributed by atoms with Crippen LogP contribution < -0.4 is 16.0 Å². The number of anilines is 2. The molecule has 0 saturated heterocycles. The number of nitrogens with one attached hydrogen (secondary N) is 3. The molecule has 0 heterocycles. The molecular formula is C20H18I3N3O5. The van der Waals surface area contributed by atoms with E-state index in [9.17, 15) is 24.3 Å². The van der Waals surface area contributed by atoms with Crippen LogP contribution in [-0.4, -0.2) is 34.8 Å². The minimum atomic E-state index is -1.17. The van der Waals surface area contributed by atoms with Gasteiger partial charge >= 0.3 is 5.97 Å². The third-order valence-electron chi connectivity index (χ3n) is 4.03. The van der Waals surface area contributed by atoms with Crippen LogP contribution in [0.2, 0.25) is 0 Å². The van der Waals surface area contributed by atoms with Crippen molar-refractivity contribution in [2.45, 2.75) is 26.3 Å². The van der Waals surface area contributed by atoms with E-state index < -0.39 is 17.9 Å². The summed E-state index contributed by atoms with van der Waals surface area (Å²) in [5, 5.41) is 17.6. The minimum absolute atomic E-state index is 0.108. The third kappa shape index (κ3) is 6.74. The fourth-order valence-corrected chi connectivity index (χ4v) is 6.91. The number of hydrogen-bond acceptors (Lipinski definition) is 4. The van der Waals surface area contributed by atoms with E-state index in [0.717, 1.165) is 5.56 Å².